The van der Waals surface area contributed by atoms with Gasteiger partial charge in [0.15, 0.2) is 0 Å². The van der Waals surface area contributed by atoms with Crippen molar-refractivity contribution in [2.75, 3.05) is 19.6 Å². The SMILES string of the molecule is CCNC(=O)C1(Cc2ccccc2-c2ccncc2)CCN(C(=O)C2CCCC2)CC1. The lowest BCUT2D eigenvalue weighted by molar-refractivity contribution is -0.143. The number of nitrogens with one attached hydrogen (secondary N) is 1. The van der Waals surface area contributed by atoms with Crippen LogP contribution in [0.15, 0.2) is 48.8 Å². The molecule has 0 bridgehead atoms. The van der Waals surface area contributed by atoms with Crippen LogP contribution in [0.4, 0.5) is 0 Å². The smallest absolute Gasteiger partial charge is 0.226 e. The number of amides is 2. The van der Waals surface area contributed by atoms with Crippen molar-refractivity contribution < 1.29 is 9.59 Å². The summed E-state index contributed by atoms with van der Waals surface area (Å²) in [5.41, 5.74) is 2.96. The Morgan fingerprint density at radius 3 is 2.42 bits per heavy atom. The van der Waals surface area contributed by atoms with E-state index in [4.69, 9.17) is 0 Å². The van der Waals surface area contributed by atoms with Crippen LogP contribution in [0.2, 0.25) is 0 Å². The number of carbonyl (C=O) groups excluding carboxylic acids is 2. The molecule has 5 heteroatoms. The second-order valence-corrected chi connectivity index (χ2v) is 9.02. The number of hydrogen-bond acceptors (Lipinski definition) is 3. The summed E-state index contributed by atoms with van der Waals surface area (Å²) in [6.45, 7) is 3.93. The zero-order valence-electron chi connectivity index (χ0n) is 18.5. The topological polar surface area (TPSA) is 62.3 Å². The molecule has 2 aliphatic rings. The van der Waals surface area contributed by atoms with Gasteiger partial charge in [0.2, 0.25) is 11.8 Å². The molecule has 0 spiro atoms. The van der Waals surface area contributed by atoms with Crippen LogP contribution >= 0.6 is 0 Å². The van der Waals surface area contributed by atoms with Crippen molar-refractivity contribution >= 4 is 11.8 Å². The Bertz CT molecular complexity index is 898. The van der Waals surface area contributed by atoms with Gasteiger partial charge in [-0.2, -0.15) is 0 Å². The number of benzene rings is 1. The van der Waals surface area contributed by atoms with Gasteiger partial charge in [0.25, 0.3) is 0 Å². The maximum Gasteiger partial charge on any atom is 0.226 e. The summed E-state index contributed by atoms with van der Waals surface area (Å²) >= 11 is 0. The molecule has 1 aliphatic heterocycles. The van der Waals surface area contributed by atoms with Gasteiger partial charge in [0.05, 0.1) is 5.41 Å². The molecular weight excluding hydrogens is 386 g/mol. The number of hydrogen-bond donors (Lipinski definition) is 1. The average molecular weight is 420 g/mol. The zero-order valence-corrected chi connectivity index (χ0v) is 18.5. The quantitative estimate of drug-likeness (QED) is 0.762. The van der Waals surface area contributed by atoms with Crippen molar-refractivity contribution in [3.63, 3.8) is 0 Å². The number of pyridine rings is 1. The Labute approximate surface area is 185 Å². The highest BCUT2D eigenvalue weighted by Gasteiger charge is 2.43. The number of carbonyl (C=O) groups is 2. The van der Waals surface area contributed by atoms with E-state index in [1.807, 2.05) is 36.1 Å². The molecule has 2 fully saturated rings. The van der Waals surface area contributed by atoms with Crippen molar-refractivity contribution in [2.45, 2.75) is 51.9 Å². The van der Waals surface area contributed by atoms with Crippen molar-refractivity contribution in [1.82, 2.24) is 15.2 Å². The fraction of sp³-hybridized carbons (Fsp3) is 0.500. The molecule has 2 heterocycles. The minimum absolute atomic E-state index is 0.118. The van der Waals surface area contributed by atoms with Crippen LogP contribution in [-0.2, 0) is 16.0 Å². The Morgan fingerprint density at radius 1 is 1.06 bits per heavy atom. The van der Waals surface area contributed by atoms with E-state index in [0.29, 0.717) is 44.8 Å². The van der Waals surface area contributed by atoms with E-state index in [1.54, 1.807) is 12.4 Å². The van der Waals surface area contributed by atoms with Gasteiger partial charge in [-0.3, -0.25) is 14.6 Å². The fourth-order valence-corrected chi connectivity index (χ4v) is 5.27. The third kappa shape index (κ3) is 4.65. The molecule has 1 aromatic carbocycles. The Balaban J connectivity index is 1.56. The van der Waals surface area contributed by atoms with Crippen molar-refractivity contribution in [3.05, 3.63) is 54.4 Å². The Kier molecular flexibility index (Phi) is 6.69. The van der Waals surface area contributed by atoms with E-state index in [1.165, 1.54) is 18.4 Å². The summed E-state index contributed by atoms with van der Waals surface area (Å²) in [4.78, 5) is 32.4. The van der Waals surface area contributed by atoms with Gasteiger partial charge in [0.1, 0.15) is 0 Å². The predicted octanol–water partition coefficient (Wildman–Crippen LogP) is 4.23. The largest absolute Gasteiger partial charge is 0.356 e. The van der Waals surface area contributed by atoms with E-state index < -0.39 is 5.41 Å². The molecule has 1 aliphatic carbocycles. The minimum atomic E-state index is -0.481. The van der Waals surface area contributed by atoms with Crippen LogP contribution in [0, 0.1) is 11.3 Å². The Hall–Kier alpha value is -2.69. The highest BCUT2D eigenvalue weighted by Crippen LogP contribution is 2.39. The maximum absolute atomic E-state index is 13.3. The molecule has 2 amide bonds. The van der Waals surface area contributed by atoms with Gasteiger partial charge >= 0.3 is 0 Å². The van der Waals surface area contributed by atoms with Gasteiger partial charge in [-0.1, -0.05) is 37.1 Å². The zero-order chi connectivity index (χ0) is 21.7. The van der Waals surface area contributed by atoms with Gasteiger partial charge in [-0.15, -0.1) is 0 Å². The molecule has 1 N–H and O–H groups in total. The molecule has 0 atom stereocenters. The molecule has 1 saturated heterocycles. The lowest BCUT2D eigenvalue weighted by Crippen LogP contribution is -2.52. The monoisotopic (exact) mass is 419 g/mol. The molecule has 1 aromatic heterocycles. The van der Waals surface area contributed by atoms with Crippen LogP contribution in [0.1, 0.15) is 51.0 Å². The molecule has 0 unspecified atom stereocenters. The number of nitrogens with zero attached hydrogens (tertiary/aromatic N) is 2. The molecule has 31 heavy (non-hydrogen) atoms. The van der Waals surface area contributed by atoms with Crippen molar-refractivity contribution in [3.8, 4) is 11.1 Å². The van der Waals surface area contributed by atoms with Crippen molar-refractivity contribution in [1.29, 1.82) is 0 Å². The standard InChI is InChI=1S/C26H33N3O2/c1-2-28-25(31)26(13-17-29(18-14-26)24(30)21-7-3-4-8-21)19-22-9-5-6-10-23(22)20-11-15-27-16-12-20/h5-6,9-12,15-16,21H,2-4,7-8,13-14,17-19H2,1H3,(H,28,31). The van der Waals surface area contributed by atoms with E-state index >= 15 is 0 Å². The summed E-state index contributed by atoms with van der Waals surface area (Å²) in [6, 6.07) is 12.4. The molecule has 1 saturated carbocycles. The first kappa shape index (κ1) is 21.5. The molecular formula is C26H33N3O2. The fourth-order valence-electron chi connectivity index (χ4n) is 5.27. The van der Waals surface area contributed by atoms with Crippen LogP contribution in [0.3, 0.4) is 0 Å². The van der Waals surface area contributed by atoms with Gasteiger partial charge < -0.3 is 10.2 Å². The van der Waals surface area contributed by atoms with E-state index in [2.05, 4.69) is 22.4 Å². The first-order valence-corrected chi connectivity index (χ1v) is 11.7. The molecule has 5 nitrogen and oxygen atoms in total. The number of aromatic nitrogens is 1. The second kappa shape index (κ2) is 9.63. The normalized spacial score (nSPS) is 18.7. The first-order valence-electron chi connectivity index (χ1n) is 11.7. The van der Waals surface area contributed by atoms with Gasteiger partial charge in [0, 0.05) is 37.9 Å². The van der Waals surface area contributed by atoms with Crippen LogP contribution < -0.4 is 5.32 Å². The lowest BCUT2D eigenvalue weighted by Gasteiger charge is -2.41. The van der Waals surface area contributed by atoms with Gasteiger partial charge in [-0.05, 0) is 67.9 Å². The lowest BCUT2D eigenvalue weighted by atomic mass is 9.71. The third-order valence-corrected chi connectivity index (χ3v) is 7.09. The third-order valence-electron chi connectivity index (χ3n) is 7.09. The second-order valence-electron chi connectivity index (χ2n) is 9.02. The highest BCUT2D eigenvalue weighted by atomic mass is 16.2. The molecule has 0 radical (unpaired) electrons. The van der Waals surface area contributed by atoms with Crippen LogP contribution in [0.25, 0.3) is 11.1 Å². The Morgan fingerprint density at radius 2 is 1.74 bits per heavy atom. The summed E-state index contributed by atoms with van der Waals surface area (Å²) in [5.74, 6) is 0.621. The van der Waals surface area contributed by atoms with Crippen molar-refractivity contribution in [2.24, 2.45) is 11.3 Å². The number of piperidine rings is 1. The molecule has 4 rings (SSSR count). The summed E-state index contributed by atoms with van der Waals surface area (Å²) < 4.78 is 0. The van der Waals surface area contributed by atoms with E-state index in [9.17, 15) is 9.59 Å². The molecule has 164 valence electrons. The van der Waals surface area contributed by atoms with E-state index in [0.717, 1.165) is 24.0 Å². The molecule has 2 aromatic rings. The highest BCUT2D eigenvalue weighted by molar-refractivity contribution is 5.84. The van der Waals surface area contributed by atoms with Gasteiger partial charge in [-0.25, -0.2) is 0 Å². The number of likely N-dealkylation sites (tertiary alicyclic amines) is 1. The first-order chi connectivity index (χ1) is 15.1. The summed E-state index contributed by atoms with van der Waals surface area (Å²) in [7, 11) is 0. The predicted molar refractivity (Wildman–Crippen MR) is 122 cm³/mol. The average Bonchev–Trinajstić information content (AvgIpc) is 3.35. The van der Waals surface area contributed by atoms with Crippen LogP contribution in [-0.4, -0.2) is 41.3 Å². The summed E-state index contributed by atoms with van der Waals surface area (Å²) in [5, 5.41) is 3.08. The number of rotatable bonds is 6. The minimum Gasteiger partial charge on any atom is -0.356 e. The summed E-state index contributed by atoms with van der Waals surface area (Å²) in [6.07, 6.45) is 10.1. The van der Waals surface area contributed by atoms with Crippen LogP contribution in [0.5, 0.6) is 0 Å². The maximum atomic E-state index is 13.3. The van der Waals surface area contributed by atoms with E-state index in [-0.39, 0.29) is 11.8 Å².